The summed E-state index contributed by atoms with van der Waals surface area (Å²) >= 11 is 7.50. The van der Waals surface area contributed by atoms with Crippen molar-refractivity contribution in [2.45, 2.75) is 6.54 Å². The number of rotatable bonds is 3. The van der Waals surface area contributed by atoms with Gasteiger partial charge in [-0.25, -0.2) is 4.68 Å². The lowest BCUT2D eigenvalue weighted by atomic mass is 10.2. The normalized spacial score (nSPS) is 10.8. The predicted molar refractivity (Wildman–Crippen MR) is 62.0 cm³/mol. The maximum absolute atomic E-state index is 8.80. The molecule has 2 aromatic rings. The van der Waals surface area contributed by atoms with Gasteiger partial charge in [0.2, 0.25) is 0 Å². The Morgan fingerprint density at radius 2 is 2.33 bits per heavy atom. The summed E-state index contributed by atoms with van der Waals surface area (Å²) in [5, 5.41) is 17.5. The molecule has 0 fully saturated rings. The predicted octanol–water partition coefficient (Wildman–Crippen LogP) is 1.84. The summed E-state index contributed by atoms with van der Waals surface area (Å²) in [5.41, 5.74) is 7.36. The Labute approximate surface area is 95.9 Å². The number of aliphatic hydroxyl groups is 1. The molecule has 2 rings (SSSR count). The van der Waals surface area contributed by atoms with Crippen LogP contribution in [0.25, 0.3) is 11.3 Å². The van der Waals surface area contributed by atoms with E-state index in [0.717, 1.165) is 11.3 Å². The smallest absolute Gasteiger partial charge is 0.122 e. The number of nitrogens with zero attached hydrogens (tertiary/aromatic N) is 2. The van der Waals surface area contributed by atoms with E-state index in [2.05, 4.69) is 5.10 Å². The number of aromatic nitrogens is 2. The van der Waals surface area contributed by atoms with Crippen LogP contribution in [0, 0.1) is 0 Å². The van der Waals surface area contributed by atoms with Crippen molar-refractivity contribution in [2.24, 2.45) is 0 Å². The molecule has 15 heavy (non-hydrogen) atoms. The average Bonchev–Trinajstić information content (AvgIpc) is 2.75. The summed E-state index contributed by atoms with van der Waals surface area (Å²) < 4.78 is 1.56. The highest BCUT2D eigenvalue weighted by Gasteiger charge is 2.10. The maximum Gasteiger partial charge on any atom is 0.122 e. The molecule has 0 unspecified atom stereocenters. The van der Waals surface area contributed by atoms with Gasteiger partial charge < -0.3 is 10.8 Å². The van der Waals surface area contributed by atoms with Gasteiger partial charge in [-0.2, -0.15) is 16.4 Å². The van der Waals surface area contributed by atoms with Gasteiger partial charge in [-0.05, 0) is 0 Å². The third-order valence-electron chi connectivity index (χ3n) is 2.01. The number of hydrogen-bond donors (Lipinski definition) is 2. The Bertz CT molecular complexity index is 466. The van der Waals surface area contributed by atoms with Crippen molar-refractivity contribution in [1.29, 1.82) is 0 Å². The molecule has 0 aliphatic rings. The van der Waals surface area contributed by atoms with Gasteiger partial charge >= 0.3 is 0 Å². The minimum Gasteiger partial charge on any atom is -0.394 e. The molecule has 0 radical (unpaired) electrons. The van der Waals surface area contributed by atoms with E-state index >= 15 is 0 Å². The monoisotopic (exact) mass is 243 g/mol. The number of hydrogen-bond acceptors (Lipinski definition) is 4. The average molecular weight is 244 g/mol. The molecule has 0 spiro atoms. The quantitative estimate of drug-likeness (QED) is 0.865. The minimum atomic E-state index is 0.0166. The van der Waals surface area contributed by atoms with Gasteiger partial charge in [-0.1, -0.05) is 11.6 Å². The highest BCUT2D eigenvalue weighted by Crippen LogP contribution is 2.31. The highest BCUT2D eigenvalue weighted by atomic mass is 35.5. The number of aliphatic hydroxyl groups excluding tert-OH is 1. The van der Waals surface area contributed by atoms with E-state index in [1.54, 1.807) is 10.7 Å². The summed E-state index contributed by atoms with van der Waals surface area (Å²) in [6, 6.07) is 1.75. The number of thiophene rings is 1. The van der Waals surface area contributed by atoms with Crippen LogP contribution in [-0.2, 0) is 6.54 Å². The topological polar surface area (TPSA) is 64.1 Å². The summed E-state index contributed by atoms with van der Waals surface area (Å²) in [4.78, 5) is 0. The summed E-state index contributed by atoms with van der Waals surface area (Å²) in [6.07, 6.45) is 0. The third-order valence-corrected chi connectivity index (χ3v) is 3.20. The van der Waals surface area contributed by atoms with E-state index in [1.807, 2.05) is 10.8 Å². The Hall–Kier alpha value is -1.04. The molecule has 0 amide bonds. The first kappa shape index (κ1) is 10.5. The lowest BCUT2D eigenvalue weighted by Gasteiger charge is -1.98. The van der Waals surface area contributed by atoms with Crippen LogP contribution in [0.2, 0.25) is 5.02 Å². The van der Waals surface area contributed by atoms with E-state index in [9.17, 15) is 0 Å². The molecule has 3 N–H and O–H groups in total. The molecule has 0 aliphatic heterocycles. The molecule has 2 heterocycles. The maximum atomic E-state index is 8.80. The SMILES string of the molecule is Nc1cc(-c2cscc2Cl)nn1CCO. The first-order valence-electron chi connectivity index (χ1n) is 4.38. The van der Waals surface area contributed by atoms with Gasteiger partial charge in [-0.15, -0.1) is 0 Å². The van der Waals surface area contributed by atoms with E-state index in [-0.39, 0.29) is 6.61 Å². The van der Waals surface area contributed by atoms with Crippen LogP contribution < -0.4 is 5.73 Å². The van der Waals surface area contributed by atoms with E-state index in [4.69, 9.17) is 22.4 Å². The van der Waals surface area contributed by atoms with Crippen molar-refractivity contribution in [3.8, 4) is 11.3 Å². The molecule has 0 aliphatic carbocycles. The van der Waals surface area contributed by atoms with Gasteiger partial charge in [0.25, 0.3) is 0 Å². The van der Waals surface area contributed by atoms with Crippen molar-refractivity contribution in [3.05, 3.63) is 21.8 Å². The lowest BCUT2D eigenvalue weighted by Crippen LogP contribution is -2.07. The summed E-state index contributed by atoms with van der Waals surface area (Å²) in [7, 11) is 0. The number of nitrogens with two attached hydrogens (primary N) is 1. The summed E-state index contributed by atoms with van der Waals surface area (Å²) in [6.45, 7) is 0.413. The van der Waals surface area contributed by atoms with E-state index in [0.29, 0.717) is 17.4 Å². The fourth-order valence-corrected chi connectivity index (χ4v) is 2.37. The van der Waals surface area contributed by atoms with E-state index in [1.165, 1.54) is 11.3 Å². The van der Waals surface area contributed by atoms with Crippen LogP contribution >= 0.6 is 22.9 Å². The molecule has 80 valence electrons. The zero-order valence-corrected chi connectivity index (χ0v) is 9.42. The molecule has 6 heteroatoms. The van der Waals surface area contributed by atoms with Crippen LogP contribution in [-0.4, -0.2) is 21.5 Å². The molecule has 0 saturated carbocycles. The van der Waals surface area contributed by atoms with Gasteiger partial charge in [-0.3, -0.25) is 0 Å². The van der Waals surface area contributed by atoms with Crippen molar-refractivity contribution in [3.63, 3.8) is 0 Å². The molecular weight excluding hydrogens is 234 g/mol. The second kappa shape index (κ2) is 4.22. The minimum absolute atomic E-state index is 0.0166. The van der Waals surface area contributed by atoms with E-state index < -0.39 is 0 Å². The molecule has 0 atom stereocenters. The van der Waals surface area contributed by atoms with Gasteiger partial charge in [0.05, 0.1) is 23.9 Å². The standard InChI is InChI=1S/C9H10ClN3OS/c10-7-5-15-4-6(7)8-3-9(11)13(12-8)1-2-14/h3-5,14H,1-2,11H2. The number of nitrogen functional groups attached to an aromatic ring is 1. The zero-order chi connectivity index (χ0) is 10.8. The zero-order valence-electron chi connectivity index (χ0n) is 7.85. The Morgan fingerprint density at radius 3 is 2.93 bits per heavy atom. The van der Waals surface area contributed by atoms with Gasteiger partial charge in [0.15, 0.2) is 0 Å². The Kier molecular flexibility index (Phi) is 2.95. The van der Waals surface area contributed by atoms with Gasteiger partial charge in [0, 0.05) is 22.4 Å². The third kappa shape index (κ3) is 1.99. The number of anilines is 1. The van der Waals surface area contributed by atoms with Crippen LogP contribution in [0.15, 0.2) is 16.8 Å². The number of halogens is 1. The second-order valence-electron chi connectivity index (χ2n) is 3.03. The molecule has 0 saturated heterocycles. The fourth-order valence-electron chi connectivity index (χ4n) is 1.30. The molecule has 4 nitrogen and oxygen atoms in total. The van der Waals surface area contributed by atoms with Crippen LogP contribution in [0.5, 0.6) is 0 Å². The van der Waals surface area contributed by atoms with Crippen molar-refractivity contribution >= 4 is 28.8 Å². The Balaban J connectivity index is 2.38. The van der Waals surface area contributed by atoms with Crippen LogP contribution in [0.4, 0.5) is 5.82 Å². The van der Waals surface area contributed by atoms with Crippen LogP contribution in [0.3, 0.4) is 0 Å². The molecule has 2 aromatic heterocycles. The lowest BCUT2D eigenvalue weighted by molar-refractivity contribution is 0.270. The summed E-state index contributed by atoms with van der Waals surface area (Å²) in [5.74, 6) is 0.529. The Morgan fingerprint density at radius 1 is 1.53 bits per heavy atom. The van der Waals surface area contributed by atoms with Crippen LogP contribution in [0.1, 0.15) is 0 Å². The first-order chi connectivity index (χ1) is 7.22. The highest BCUT2D eigenvalue weighted by molar-refractivity contribution is 7.09. The molecule has 0 bridgehead atoms. The van der Waals surface area contributed by atoms with Gasteiger partial charge in [0.1, 0.15) is 5.82 Å². The second-order valence-corrected chi connectivity index (χ2v) is 4.19. The van der Waals surface area contributed by atoms with Crippen molar-refractivity contribution < 1.29 is 5.11 Å². The van der Waals surface area contributed by atoms with Crippen molar-refractivity contribution in [2.75, 3.05) is 12.3 Å². The fraction of sp³-hybridized carbons (Fsp3) is 0.222. The largest absolute Gasteiger partial charge is 0.394 e. The molecular formula is C9H10ClN3OS. The first-order valence-corrected chi connectivity index (χ1v) is 5.70. The van der Waals surface area contributed by atoms with Crippen molar-refractivity contribution in [1.82, 2.24) is 9.78 Å². The molecule has 0 aromatic carbocycles.